The number of aryl methyl sites for hydroxylation is 1. The molecule has 0 saturated carbocycles. The van der Waals surface area contributed by atoms with Crippen LogP contribution in [0.5, 0.6) is 0 Å². The maximum Gasteiger partial charge on any atom is 0.274 e. The topological polar surface area (TPSA) is 126 Å². The molecule has 1 saturated heterocycles. The predicted molar refractivity (Wildman–Crippen MR) is 123 cm³/mol. The molecule has 2 aromatic carbocycles. The minimum atomic E-state index is -0.305. The van der Waals surface area contributed by atoms with E-state index >= 15 is 0 Å². The van der Waals surface area contributed by atoms with Gasteiger partial charge in [-0.15, -0.1) is 5.10 Å². The lowest BCUT2D eigenvalue weighted by Crippen LogP contribution is -2.46. The van der Waals surface area contributed by atoms with E-state index < -0.39 is 0 Å². The average Bonchev–Trinajstić information content (AvgIpc) is 3.43. The van der Waals surface area contributed by atoms with Gasteiger partial charge in [-0.2, -0.15) is 4.52 Å². The largest absolute Gasteiger partial charge is 0.367 e. The van der Waals surface area contributed by atoms with Gasteiger partial charge in [0.1, 0.15) is 5.82 Å². The molecular weight excluding hydrogens is 439 g/mol. The second kappa shape index (κ2) is 7.99. The molecule has 4 heterocycles. The van der Waals surface area contributed by atoms with Crippen molar-refractivity contribution in [2.45, 2.75) is 13.5 Å². The molecule has 2 N–H and O–H groups in total. The Morgan fingerprint density at radius 3 is 2.74 bits per heavy atom. The molecule has 0 aliphatic carbocycles. The second-order valence-corrected chi connectivity index (χ2v) is 8.24. The zero-order valence-corrected chi connectivity index (χ0v) is 18.4. The fourth-order valence-electron chi connectivity index (χ4n) is 4.43. The fraction of sp³-hybridized carbons (Fsp3) is 0.273. The molecular formula is C22H21FN10O. The van der Waals surface area contributed by atoms with Gasteiger partial charge in [0.25, 0.3) is 5.95 Å². The molecule has 11 nitrogen and oxygen atoms in total. The van der Waals surface area contributed by atoms with Crippen LogP contribution >= 0.6 is 0 Å². The molecule has 0 radical (unpaired) electrons. The predicted octanol–water partition coefficient (Wildman–Crippen LogP) is 3.15. The normalized spacial score (nSPS) is 15.4. The van der Waals surface area contributed by atoms with Crippen molar-refractivity contribution in [1.29, 1.82) is 0 Å². The number of para-hydroxylation sites is 1. The minimum absolute atomic E-state index is 0.273. The van der Waals surface area contributed by atoms with Gasteiger partial charge in [0.2, 0.25) is 0 Å². The lowest BCUT2D eigenvalue weighted by atomic mass is 10.1. The van der Waals surface area contributed by atoms with Crippen LogP contribution in [0.15, 0.2) is 51.3 Å². The van der Waals surface area contributed by atoms with Crippen LogP contribution in [0.1, 0.15) is 11.5 Å². The smallest absolute Gasteiger partial charge is 0.274 e. The SMILES string of the molecule is Cc1noc2cc(F)c(N3CCN(Cc4nc5c6ccccc6nc(N=NN)n5n4)CC3)cc12. The van der Waals surface area contributed by atoms with Crippen LogP contribution in [0.25, 0.3) is 27.5 Å². The van der Waals surface area contributed by atoms with Gasteiger partial charge in [-0.05, 0) is 25.1 Å². The Morgan fingerprint density at radius 1 is 1.09 bits per heavy atom. The lowest BCUT2D eigenvalue weighted by molar-refractivity contribution is 0.243. The van der Waals surface area contributed by atoms with Crippen LogP contribution in [0.3, 0.4) is 0 Å². The number of benzene rings is 2. The number of fused-ring (bicyclic) bond motifs is 4. The first-order valence-electron chi connectivity index (χ1n) is 10.9. The summed E-state index contributed by atoms with van der Waals surface area (Å²) in [6.07, 6.45) is 0. The first-order valence-corrected chi connectivity index (χ1v) is 10.9. The van der Waals surface area contributed by atoms with Gasteiger partial charge in [0.15, 0.2) is 17.1 Å². The highest BCUT2D eigenvalue weighted by molar-refractivity contribution is 5.92. The summed E-state index contributed by atoms with van der Waals surface area (Å²) >= 11 is 0. The Balaban J connectivity index is 1.23. The monoisotopic (exact) mass is 460 g/mol. The molecule has 5 aromatic rings. The van der Waals surface area contributed by atoms with Crippen molar-refractivity contribution in [3.05, 3.63) is 53.7 Å². The van der Waals surface area contributed by atoms with E-state index in [1.807, 2.05) is 42.2 Å². The van der Waals surface area contributed by atoms with Crippen molar-refractivity contribution >= 4 is 39.2 Å². The molecule has 1 aliphatic rings. The van der Waals surface area contributed by atoms with E-state index in [0.29, 0.717) is 42.4 Å². The highest BCUT2D eigenvalue weighted by Gasteiger charge is 2.23. The summed E-state index contributed by atoms with van der Waals surface area (Å²) in [7, 11) is 0. The molecule has 0 bridgehead atoms. The highest BCUT2D eigenvalue weighted by Crippen LogP contribution is 2.29. The summed E-state index contributed by atoms with van der Waals surface area (Å²) < 4.78 is 21.4. The zero-order chi connectivity index (χ0) is 23.2. The van der Waals surface area contributed by atoms with Crippen molar-refractivity contribution in [1.82, 2.24) is 29.6 Å². The lowest BCUT2D eigenvalue weighted by Gasteiger charge is -2.35. The molecule has 34 heavy (non-hydrogen) atoms. The van der Waals surface area contributed by atoms with Gasteiger partial charge in [-0.1, -0.05) is 27.6 Å². The molecule has 12 heteroatoms. The number of piperazine rings is 1. The van der Waals surface area contributed by atoms with E-state index in [0.717, 1.165) is 35.1 Å². The first kappa shape index (κ1) is 20.4. The van der Waals surface area contributed by atoms with Gasteiger partial charge in [0, 0.05) is 43.0 Å². The van der Waals surface area contributed by atoms with Crippen LogP contribution in [-0.2, 0) is 6.54 Å². The van der Waals surface area contributed by atoms with Crippen molar-refractivity contribution in [3.63, 3.8) is 0 Å². The van der Waals surface area contributed by atoms with E-state index in [-0.39, 0.29) is 11.8 Å². The van der Waals surface area contributed by atoms with Crippen molar-refractivity contribution in [2.75, 3.05) is 31.1 Å². The fourth-order valence-corrected chi connectivity index (χ4v) is 4.43. The molecule has 1 aliphatic heterocycles. The Labute approximate surface area is 192 Å². The molecule has 6 rings (SSSR count). The number of hydrogen-bond donors (Lipinski definition) is 1. The van der Waals surface area contributed by atoms with Crippen molar-refractivity contribution < 1.29 is 8.91 Å². The van der Waals surface area contributed by atoms with Gasteiger partial charge in [0.05, 0.1) is 23.4 Å². The summed E-state index contributed by atoms with van der Waals surface area (Å²) in [5.74, 6) is 5.88. The third-order valence-corrected chi connectivity index (χ3v) is 6.15. The van der Waals surface area contributed by atoms with E-state index in [2.05, 4.69) is 30.5 Å². The number of nitrogens with two attached hydrogens (primary N) is 1. The number of nitrogens with zero attached hydrogens (tertiary/aromatic N) is 9. The van der Waals surface area contributed by atoms with Gasteiger partial charge in [-0.3, -0.25) is 4.90 Å². The van der Waals surface area contributed by atoms with Crippen molar-refractivity contribution in [2.24, 2.45) is 16.2 Å². The highest BCUT2D eigenvalue weighted by atomic mass is 19.1. The standard InChI is InChI=1S/C22H21FN10O/c1-13-15-10-18(16(23)11-19(15)34-29-13)32-8-6-31(7-9-32)12-20-26-21-14-4-2-3-5-17(14)25-22(27-30-24)33(21)28-20/h2-5,10-11H,6-9,12H2,1H3,(H2,24,25,27). The summed E-state index contributed by atoms with van der Waals surface area (Å²) in [5, 5.41) is 17.5. The quantitative estimate of drug-likeness (QED) is 0.246. The molecule has 172 valence electrons. The average molecular weight is 460 g/mol. The number of hydrogen-bond acceptors (Lipinski definition) is 9. The first-order chi connectivity index (χ1) is 16.6. The van der Waals surface area contributed by atoms with Crippen LogP contribution in [0.2, 0.25) is 0 Å². The molecule has 0 atom stereocenters. The minimum Gasteiger partial charge on any atom is -0.367 e. The Bertz CT molecular complexity index is 1550. The van der Waals surface area contributed by atoms with E-state index in [1.165, 1.54) is 6.07 Å². The van der Waals surface area contributed by atoms with Gasteiger partial charge < -0.3 is 15.3 Å². The zero-order valence-electron chi connectivity index (χ0n) is 18.4. The summed E-state index contributed by atoms with van der Waals surface area (Å²) in [5.41, 5.74) is 3.18. The van der Waals surface area contributed by atoms with Gasteiger partial charge in [-0.25, -0.2) is 14.4 Å². The summed E-state index contributed by atoms with van der Waals surface area (Å²) in [4.78, 5) is 13.5. The maximum absolute atomic E-state index is 14.7. The van der Waals surface area contributed by atoms with Crippen LogP contribution in [0.4, 0.5) is 16.0 Å². The Hall–Kier alpha value is -4.19. The van der Waals surface area contributed by atoms with E-state index in [4.69, 9.17) is 15.3 Å². The maximum atomic E-state index is 14.7. The number of aromatic nitrogens is 5. The summed E-state index contributed by atoms with van der Waals surface area (Å²) in [6.45, 7) is 5.24. The van der Waals surface area contributed by atoms with E-state index in [9.17, 15) is 4.39 Å². The number of rotatable bonds is 4. The molecule has 3 aromatic heterocycles. The molecule has 0 spiro atoms. The number of anilines is 1. The third kappa shape index (κ3) is 3.39. The summed E-state index contributed by atoms with van der Waals surface area (Å²) in [6, 6.07) is 10.9. The molecule has 0 amide bonds. The van der Waals surface area contributed by atoms with Crippen LogP contribution in [-0.4, -0.2) is 55.8 Å². The Morgan fingerprint density at radius 2 is 1.91 bits per heavy atom. The van der Waals surface area contributed by atoms with Crippen LogP contribution in [0, 0.1) is 12.7 Å². The molecule has 1 fully saturated rings. The van der Waals surface area contributed by atoms with Crippen LogP contribution < -0.4 is 10.7 Å². The number of halogens is 1. The van der Waals surface area contributed by atoms with E-state index in [1.54, 1.807) is 4.52 Å². The third-order valence-electron chi connectivity index (χ3n) is 6.15. The van der Waals surface area contributed by atoms with Gasteiger partial charge >= 0.3 is 0 Å². The van der Waals surface area contributed by atoms with Crippen molar-refractivity contribution in [3.8, 4) is 0 Å². The molecule has 0 unspecified atom stereocenters. The second-order valence-electron chi connectivity index (χ2n) is 8.24. The Kier molecular flexibility index (Phi) is 4.80.